The van der Waals surface area contributed by atoms with E-state index in [1.165, 1.54) is 32.1 Å². The second-order valence-corrected chi connectivity index (χ2v) is 11.7. The summed E-state index contributed by atoms with van der Waals surface area (Å²) in [6.07, 6.45) is 11.4. The van der Waals surface area contributed by atoms with E-state index in [0.717, 1.165) is 12.0 Å². The van der Waals surface area contributed by atoms with Crippen LogP contribution in [-0.4, -0.2) is 57.9 Å². The molecule has 31 heavy (non-hydrogen) atoms. The monoisotopic (exact) mass is 444 g/mol. The van der Waals surface area contributed by atoms with Crippen molar-refractivity contribution < 1.29 is 17.7 Å². The molecular weight excluding hydrogens is 416 g/mol. The highest BCUT2D eigenvalue weighted by molar-refractivity contribution is 7.93. The molecule has 3 fully saturated rings. The van der Waals surface area contributed by atoms with Gasteiger partial charge in [-0.1, -0.05) is 37.3 Å². The van der Waals surface area contributed by atoms with Crippen molar-refractivity contribution in [3.8, 4) is 11.4 Å². The first-order valence-corrected chi connectivity index (χ1v) is 12.9. The second-order valence-electron chi connectivity index (χ2n) is 9.21. The summed E-state index contributed by atoms with van der Waals surface area (Å²) in [6.45, 7) is 0.465. The molecule has 1 amide bonds. The molecule has 8 nitrogen and oxygen atoms in total. The number of carbonyl (C=O) groups excluding carboxylic acids is 1. The topological polar surface area (TPSA) is 106 Å². The van der Waals surface area contributed by atoms with Crippen LogP contribution >= 0.6 is 0 Å². The van der Waals surface area contributed by atoms with Gasteiger partial charge in [-0.3, -0.25) is 9.78 Å². The third-order valence-corrected chi connectivity index (χ3v) is 9.92. The summed E-state index contributed by atoms with van der Waals surface area (Å²) >= 11 is 0. The molecule has 1 aliphatic carbocycles. The summed E-state index contributed by atoms with van der Waals surface area (Å²) in [4.78, 5) is 22.9. The van der Waals surface area contributed by atoms with Gasteiger partial charge in [-0.15, -0.1) is 0 Å². The first kappa shape index (κ1) is 20.6. The van der Waals surface area contributed by atoms with Crippen molar-refractivity contribution in [2.24, 2.45) is 5.92 Å². The largest absolute Gasteiger partial charge is 0.339 e. The summed E-state index contributed by atoms with van der Waals surface area (Å²) in [6, 6.07) is 3.57. The molecule has 0 radical (unpaired) electrons. The molecule has 0 bridgehead atoms. The molecule has 166 valence electrons. The SMILES string of the molecule is O=C(CCC1CCCCC1)N1CC2(C1)C(c1nc(-c3ccncc3)no1)CCS2(=O)=O. The van der Waals surface area contributed by atoms with Crippen LogP contribution in [0.3, 0.4) is 0 Å². The van der Waals surface area contributed by atoms with Crippen LogP contribution in [-0.2, 0) is 14.6 Å². The molecule has 4 heterocycles. The predicted octanol–water partition coefficient (Wildman–Crippen LogP) is 2.98. The lowest BCUT2D eigenvalue weighted by molar-refractivity contribution is -0.137. The maximum atomic E-state index is 13.0. The molecule has 1 saturated carbocycles. The molecule has 0 aromatic carbocycles. The Labute approximate surface area is 182 Å². The summed E-state index contributed by atoms with van der Waals surface area (Å²) in [5, 5.41) is 4.05. The average molecular weight is 445 g/mol. The number of nitrogens with zero attached hydrogens (tertiary/aromatic N) is 4. The number of hydrogen-bond donors (Lipinski definition) is 0. The Morgan fingerprint density at radius 3 is 2.61 bits per heavy atom. The highest BCUT2D eigenvalue weighted by Crippen LogP contribution is 2.49. The minimum atomic E-state index is -3.34. The summed E-state index contributed by atoms with van der Waals surface area (Å²) in [5.41, 5.74) is 0.771. The molecule has 3 aliphatic rings. The zero-order chi connectivity index (χ0) is 21.5. The Morgan fingerprint density at radius 1 is 1.13 bits per heavy atom. The van der Waals surface area contributed by atoms with E-state index < -0.39 is 14.6 Å². The number of rotatable bonds is 5. The molecule has 1 spiro atoms. The highest BCUT2D eigenvalue weighted by Gasteiger charge is 2.64. The average Bonchev–Trinajstić information content (AvgIpc) is 3.34. The Balaban J connectivity index is 1.28. The van der Waals surface area contributed by atoms with E-state index in [4.69, 9.17) is 4.52 Å². The number of likely N-dealkylation sites (tertiary alicyclic amines) is 1. The van der Waals surface area contributed by atoms with Gasteiger partial charge in [0.05, 0.1) is 11.7 Å². The molecule has 2 aliphatic heterocycles. The van der Waals surface area contributed by atoms with Crippen LogP contribution in [0.1, 0.15) is 63.2 Å². The molecule has 5 rings (SSSR count). The molecule has 2 saturated heterocycles. The number of carbonyl (C=O) groups is 1. The van der Waals surface area contributed by atoms with E-state index in [1.54, 1.807) is 29.4 Å². The third-order valence-electron chi connectivity index (χ3n) is 7.37. The van der Waals surface area contributed by atoms with Crippen LogP contribution in [0.15, 0.2) is 29.0 Å². The van der Waals surface area contributed by atoms with Crippen molar-refractivity contribution in [2.75, 3.05) is 18.8 Å². The Kier molecular flexibility index (Phi) is 5.32. The predicted molar refractivity (Wildman–Crippen MR) is 114 cm³/mol. The van der Waals surface area contributed by atoms with Gasteiger partial charge in [-0.05, 0) is 30.9 Å². The Hall–Kier alpha value is -2.29. The normalized spacial score (nSPS) is 24.9. The van der Waals surface area contributed by atoms with Crippen LogP contribution in [0, 0.1) is 5.92 Å². The van der Waals surface area contributed by atoms with E-state index in [-0.39, 0.29) is 30.7 Å². The van der Waals surface area contributed by atoms with Gasteiger partial charge in [0.25, 0.3) is 0 Å². The van der Waals surface area contributed by atoms with Crippen molar-refractivity contribution in [3.63, 3.8) is 0 Å². The maximum absolute atomic E-state index is 13.0. The highest BCUT2D eigenvalue weighted by atomic mass is 32.2. The zero-order valence-electron chi connectivity index (χ0n) is 17.6. The fourth-order valence-electron chi connectivity index (χ4n) is 5.45. The first-order chi connectivity index (χ1) is 15.0. The summed E-state index contributed by atoms with van der Waals surface area (Å²) in [5.74, 6) is 1.21. The van der Waals surface area contributed by atoms with E-state index in [0.29, 0.717) is 30.5 Å². The quantitative estimate of drug-likeness (QED) is 0.698. The van der Waals surface area contributed by atoms with E-state index >= 15 is 0 Å². The fraction of sp³-hybridized carbons (Fsp3) is 0.636. The minimum Gasteiger partial charge on any atom is -0.339 e. The number of hydrogen-bond acceptors (Lipinski definition) is 7. The molecule has 9 heteroatoms. The maximum Gasteiger partial charge on any atom is 0.231 e. The molecular formula is C22H28N4O4S. The van der Waals surface area contributed by atoms with Crippen LogP contribution in [0.5, 0.6) is 0 Å². The number of pyridine rings is 1. The Morgan fingerprint density at radius 2 is 1.87 bits per heavy atom. The fourth-order valence-corrected chi connectivity index (χ4v) is 7.76. The molecule has 1 unspecified atom stereocenters. The van der Waals surface area contributed by atoms with Gasteiger partial charge in [-0.25, -0.2) is 8.42 Å². The van der Waals surface area contributed by atoms with Crippen LogP contribution in [0.2, 0.25) is 0 Å². The van der Waals surface area contributed by atoms with Crippen molar-refractivity contribution in [1.82, 2.24) is 20.0 Å². The standard InChI is InChI=1S/C22H28N4O4S/c27-19(7-6-16-4-2-1-3-5-16)26-14-22(15-26)18(10-13-31(22,28)29)21-24-20(25-30-21)17-8-11-23-12-9-17/h8-9,11-12,16,18H,1-7,10,13-15H2. The lowest BCUT2D eigenvalue weighted by atomic mass is 9.82. The lowest BCUT2D eigenvalue weighted by Gasteiger charge is -2.49. The van der Waals surface area contributed by atoms with Crippen molar-refractivity contribution in [2.45, 2.75) is 62.0 Å². The Bertz CT molecular complexity index is 1040. The van der Waals surface area contributed by atoms with Gasteiger partial charge in [0.1, 0.15) is 4.75 Å². The van der Waals surface area contributed by atoms with Crippen molar-refractivity contribution in [1.29, 1.82) is 0 Å². The van der Waals surface area contributed by atoms with Crippen molar-refractivity contribution >= 4 is 15.7 Å². The molecule has 1 atom stereocenters. The third kappa shape index (κ3) is 3.66. The lowest BCUT2D eigenvalue weighted by Crippen LogP contribution is -2.67. The van der Waals surface area contributed by atoms with E-state index in [9.17, 15) is 13.2 Å². The van der Waals surface area contributed by atoms with Gasteiger partial charge in [0.2, 0.25) is 17.6 Å². The second kappa shape index (κ2) is 8.00. The molecule has 2 aromatic rings. The summed E-state index contributed by atoms with van der Waals surface area (Å²) in [7, 11) is -3.34. The zero-order valence-corrected chi connectivity index (χ0v) is 18.4. The van der Waals surface area contributed by atoms with Gasteiger partial charge < -0.3 is 9.42 Å². The number of amides is 1. The van der Waals surface area contributed by atoms with Crippen molar-refractivity contribution in [3.05, 3.63) is 30.4 Å². The van der Waals surface area contributed by atoms with Crippen LogP contribution in [0.4, 0.5) is 0 Å². The molecule has 2 aromatic heterocycles. The van der Waals surface area contributed by atoms with E-state index in [2.05, 4.69) is 15.1 Å². The van der Waals surface area contributed by atoms with Crippen LogP contribution in [0.25, 0.3) is 11.4 Å². The van der Waals surface area contributed by atoms with Gasteiger partial charge in [0.15, 0.2) is 9.84 Å². The number of aromatic nitrogens is 3. The minimum absolute atomic E-state index is 0.0695. The first-order valence-electron chi connectivity index (χ1n) is 11.2. The van der Waals surface area contributed by atoms with Gasteiger partial charge in [-0.2, -0.15) is 4.98 Å². The van der Waals surface area contributed by atoms with Gasteiger partial charge in [0, 0.05) is 37.5 Å². The molecule has 0 N–H and O–H groups in total. The van der Waals surface area contributed by atoms with Crippen LogP contribution < -0.4 is 0 Å². The summed E-state index contributed by atoms with van der Waals surface area (Å²) < 4.78 is 30.4. The van der Waals surface area contributed by atoms with E-state index in [1.807, 2.05) is 0 Å². The number of sulfone groups is 1. The smallest absolute Gasteiger partial charge is 0.231 e. The van der Waals surface area contributed by atoms with Gasteiger partial charge >= 0.3 is 0 Å².